The van der Waals surface area contributed by atoms with Gasteiger partial charge in [0.05, 0.1) is 25.7 Å². The second-order valence-corrected chi connectivity index (χ2v) is 5.39. The standard InChI is InChI=1S/C14H25NO3/c1-2-18-14(16)13-5-3-4-12(10-13)11-15-6-8-17-9-7-15/h12-13H,2-11H2,1H3/t12-,13+/m0/s1. The van der Waals surface area contributed by atoms with Crippen molar-refractivity contribution in [2.75, 3.05) is 39.5 Å². The fourth-order valence-electron chi connectivity index (χ4n) is 3.08. The van der Waals surface area contributed by atoms with Crippen LogP contribution < -0.4 is 0 Å². The van der Waals surface area contributed by atoms with Gasteiger partial charge >= 0.3 is 5.97 Å². The van der Waals surface area contributed by atoms with Crippen LogP contribution in [0, 0.1) is 11.8 Å². The van der Waals surface area contributed by atoms with Gasteiger partial charge in [-0.3, -0.25) is 9.69 Å². The van der Waals surface area contributed by atoms with Crippen LogP contribution in [-0.4, -0.2) is 50.3 Å². The van der Waals surface area contributed by atoms with E-state index in [1.807, 2.05) is 6.92 Å². The van der Waals surface area contributed by atoms with Gasteiger partial charge in [0.2, 0.25) is 0 Å². The van der Waals surface area contributed by atoms with Crippen molar-refractivity contribution in [3.05, 3.63) is 0 Å². The van der Waals surface area contributed by atoms with E-state index in [0.29, 0.717) is 12.5 Å². The third-order valence-electron chi connectivity index (χ3n) is 4.02. The average Bonchev–Trinajstić information content (AvgIpc) is 2.40. The summed E-state index contributed by atoms with van der Waals surface area (Å²) in [6.45, 7) is 7.30. The first-order valence-corrected chi connectivity index (χ1v) is 7.26. The van der Waals surface area contributed by atoms with Crippen molar-refractivity contribution < 1.29 is 14.3 Å². The number of rotatable bonds is 4. The molecule has 0 aromatic rings. The lowest BCUT2D eigenvalue weighted by molar-refractivity contribution is -0.149. The topological polar surface area (TPSA) is 38.8 Å². The Morgan fingerprint density at radius 1 is 1.33 bits per heavy atom. The van der Waals surface area contributed by atoms with Crippen LogP contribution in [0.25, 0.3) is 0 Å². The van der Waals surface area contributed by atoms with Crippen molar-refractivity contribution >= 4 is 5.97 Å². The molecule has 1 saturated carbocycles. The van der Waals surface area contributed by atoms with Crippen LogP contribution in [0.15, 0.2) is 0 Å². The summed E-state index contributed by atoms with van der Waals surface area (Å²) in [5.74, 6) is 0.820. The molecule has 0 amide bonds. The lowest BCUT2D eigenvalue weighted by Gasteiger charge is -2.34. The van der Waals surface area contributed by atoms with Crippen LogP contribution in [0.5, 0.6) is 0 Å². The van der Waals surface area contributed by atoms with Crippen molar-refractivity contribution in [1.82, 2.24) is 4.90 Å². The minimum Gasteiger partial charge on any atom is -0.466 e. The first-order valence-electron chi connectivity index (χ1n) is 7.26. The van der Waals surface area contributed by atoms with Crippen LogP contribution in [0.2, 0.25) is 0 Å². The minimum absolute atomic E-state index is 0.0178. The number of hydrogen-bond donors (Lipinski definition) is 0. The maximum atomic E-state index is 11.8. The quantitative estimate of drug-likeness (QED) is 0.717. The first kappa shape index (κ1) is 13.8. The molecule has 0 spiro atoms. The molecule has 0 unspecified atom stereocenters. The van der Waals surface area contributed by atoms with Gasteiger partial charge in [-0.15, -0.1) is 0 Å². The van der Waals surface area contributed by atoms with E-state index in [4.69, 9.17) is 9.47 Å². The van der Waals surface area contributed by atoms with Gasteiger partial charge < -0.3 is 9.47 Å². The molecule has 4 nitrogen and oxygen atoms in total. The molecular weight excluding hydrogens is 230 g/mol. The molecule has 2 rings (SSSR count). The number of morpholine rings is 1. The summed E-state index contributed by atoms with van der Waals surface area (Å²) in [5, 5.41) is 0. The zero-order valence-electron chi connectivity index (χ0n) is 11.4. The van der Waals surface area contributed by atoms with Crippen molar-refractivity contribution in [3.63, 3.8) is 0 Å². The summed E-state index contributed by atoms with van der Waals surface area (Å²) in [7, 11) is 0. The highest BCUT2D eigenvalue weighted by molar-refractivity contribution is 5.72. The Morgan fingerprint density at radius 3 is 2.83 bits per heavy atom. The molecule has 104 valence electrons. The zero-order chi connectivity index (χ0) is 12.8. The van der Waals surface area contributed by atoms with E-state index in [1.165, 1.54) is 12.8 Å². The smallest absolute Gasteiger partial charge is 0.308 e. The van der Waals surface area contributed by atoms with E-state index in [2.05, 4.69) is 4.90 Å². The van der Waals surface area contributed by atoms with Gasteiger partial charge in [-0.25, -0.2) is 0 Å². The number of ether oxygens (including phenoxy) is 2. The Hall–Kier alpha value is -0.610. The Bertz CT molecular complexity index is 264. The SMILES string of the molecule is CCOC(=O)[C@@H]1CCC[C@H](CN2CCOCC2)C1. The largest absolute Gasteiger partial charge is 0.466 e. The van der Waals surface area contributed by atoms with Gasteiger partial charge in [-0.2, -0.15) is 0 Å². The van der Waals surface area contributed by atoms with Gasteiger partial charge in [-0.05, 0) is 32.1 Å². The number of carbonyl (C=O) groups excluding carboxylic acids is 1. The molecule has 1 aliphatic heterocycles. The maximum absolute atomic E-state index is 11.8. The van der Waals surface area contributed by atoms with Crippen LogP contribution in [0.1, 0.15) is 32.6 Å². The number of hydrogen-bond acceptors (Lipinski definition) is 4. The van der Waals surface area contributed by atoms with E-state index in [-0.39, 0.29) is 11.9 Å². The first-order chi connectivity index (χ1) is 8.79. The van der Waals surface area contributed by atoms with Crippen molar-refractivity contribution in [1.29, 1.82) is 0 Å². The highest BCUT2D eigenvalue weighted by Crippen LogP contribution is 2.30. The van der Waals surface area contributed by atoms with E-state index < -0.39 is 0 Å². The van der Waals surface area contributed by atoms with E-state index in [9.17, 15) is 4.79 Å². The lowest BCUT2D eigenvalue weighted by Crippen LogP contribution is -2.40. The lowest BCUT2D eigenvalue weighted by atomic mass is 9.81. The number of nitrogens with zero attached hydrogens (tertiary/aromatic N) is 1. The van der Waals surface area contributed by atoms with Crippen molar-refractivity contribution in [2.24, 2.45) is 11.8 Å². The molecule has 18 heavy (non-hydrogen) atoms. The second-order valence-electron chi connectivity index (χ2n) is 5.39. The highest BCUT2D eigenvalue weighted by atomic mass is 16.5. The summed E-state index contributed by atoms with van der Waals surface area (Å²) in [6.07, 6.45) is 4.44. The Morgan fingerprint density at radius 2 is 2.11 bits per heavy atom. The predicted molar refractivity (Wildman–Crippen MR) is 69.3 cm³/mol. The summed E-state index contributed by atoms with van der Waals surface area (Å²) in [4.78, 5) is 14.3. The molecular formula is C14H25NO3. The second kappa shape index (κ2) is 7.10. The Labute approximate surface area is 110 Å². The third-order valence-corrected chi connectivity index (χ3v) is 4.02. The molecule has 4 heteroatoms. The van der Waals surface area contributed by atoms with E-state index in [1.54, 1.807) is 0 Å². The third kappa shape index (κ3) is 3.95. The fraction of sp³-hybridized carbons (Fsp3) is 0.929. The van der Waals surface area contributed by atoms with Crippen LogP contribution in [-0.2, 0) is 14.3 Å². The zero-order valence-corrected chi connectivity index (χ0v) is 11.4. The van der Waals surface area contributed by atoms with Crippen molar-refractivity contribution in [3.8, 4) is 0 Å². The molecule has 2 atom stereocenters. The van der Waals surface area contributed by atoms with Crippen LogP contribution in [0.3, 0.4) is 0 Å². The summed E-state index contributed by atoms with van der Waals surface area (Å²) in [5.41, 5.74) is 0. The van der Waals surface area contributed by atoms with Crippen molar-refractivity contribution in [2.45, 2.75) is 32.6 Å². The molecule has 0 aromatic heterocycles. The normalized spacial score (nSPS) is 30.1. The molecule has 0 N–H and O–H groups in total. The van der Waals surface area contributed by atoms with Gasteiger partial charge in [0.1, 0.15) is 0 Å². The molecule has 1 aliphatic carbocycles. The van der Waals surface area contributed by atoms with E-state index >= 15 is 0 Å². The highest BCUT2D eigenvalue weighted by Gasteiger charge is 2.29. The molecule has 2 aliphatic rings. The maximum Gasteiger partial charge on any atom is 0.308 e. The molecule has 0 bridgehead atoms. The Kier molecular flexibility index (Phi) is 5.45. The van der Waals surface area contributed by atoms with Crippen LogP contribution in [0.4, 0.5) is 0 Å². The minimum atomic E-state index is 0.0178. The fourth-order valence-corrected chi connectivity index (χ4v) is 3.08. The molecule has 1 saturated heterocycles. The molecule has 2 fully saturated rings. The number of carbonyl (C=O) groups is 1. The molecule has 0 radical (unpaired) electrons. The van der Waals surface area contributed by atoms with Gasteiger partial charge in [-0.1, -0.05) is 6.42 Å². The average molecular weight is 255 g/mol. The summed E-state index contributed by atoms with van der Waals surface area (Å²) >= 11 is 0. The summed E-state index contributed by atoms with van der Waals surface area (Å²) < 4.78 is 10.5. The molecule has 0 aromatic carbocycles. The molecule has 1 heterocycles. The van der Waals surface area contributed by atoms with Gasteiger partial charge in [0.25, 0.3) is 0 Å². The monoisotopic (exact) mass is 255 g/mol. The Balaban J connectivity index is 1.77. The van der Waals surface area contributed by atoms with Crippen LogP contribution >= 0.6 is 0 Å². The van der Waals surface area contributed by atoms with Gasteiger partial charge in [0, 0.05) is 19.6 Å². The predicted octanol–water partition coefficient (Wildman–Crippen LogP) is 1.69. The summed E-state index contributed by atoms with van der Waals surface area (Å²) in [6, 6.07) is 0. The van der Waals surface area contributed by atoms with E-state index in [0.717, 1.165) is 45.7 Å². The number of esters is 1. The van der Waals surface area contributed by atoms with Gasteiger partial charge in [0.15, 0.2) is 0 Å².